The Hall–Kier alpha value is -0.280. The number of aliphatic hydroxyl groups is 1. The first-order chi connectivity index (χ1) is 5.74. The molecule has 2 rings (SSSR count). The highest BCUT2D eigenvalue weighted by Gasteiger charge is 2.55. The molecule has 3 heteroatoms. The molecule has 2 nitrogen and oxygen atoms in total. The molecule has 0 radical (unpaired) electrons. The molecule has 0 aromatic carbocycles. The van der Waals surface area contributed by atoms with Crippen LogP contribution >= 0.6 is 11.8 Å². The molecule has 0 aliphatic heterocycles. The van der Waals surface area contributed by atoms with E-state index in [1.807, 2.05) is 12.3 Å². The number of hydrogen-bond acceptors (Lipinski definition) is 3. The third-order valence-corrected chi connectivity index (χ3v) is 4.53. The highest BCUT2D eigenvalue weighted by Crippen LogP contribution is 2.52. The molecule has 2 bridgehead atoms. The van der Waals surface area contributed by atoms with Crippen LogP contribution in [0.3, 0.4) is 0 Å². The lowest BCUT2D eigenvalue weighted by molar-refractivity contribution is -0.120. The lowest BCUT2D eigenvalue weighted by atomic mass is 9.96. The van der Waals surface area contributed by atoms with Crippen molar-refractivity contribution in [3.8, 4) is 0 Å². The predicted molar refractivity (Wildman–Crippen MR) is 49.1 cm³/mol. The minimum absolute atomic E-state index is 0.0255. The predicted octanol–water partition coefficient (Wildman–Crippen LogP) is 0.855. The van der Waals surface area contributed by atoms with E-state index < -0.39 is 0 Å². The number of rotatable bonds is 2. The van der Waals surface area contributed by atoms with Crippen LogP contribution in [0, 0.1) is 11.8 Å². The van der Waals surface area contributed by atoms with Crippen molar-refractivity contribution >= 4 is 17.5 Å². The lowest BCUT2D eigenvalue weighted by Gasteiger charge is -2.29. The van der Waals surface area contributed by atoms with Crippen LogP contribution in [0.1, 0.15) is 6.42 Å². The highest BCUT2D eigenvalue weighted by atomic mass is 32.2. The summed E-state index contributed by atoms with van der Waals surface area (Å²) in [5, 5.41) is 9.30. The largest absolute Gasteiger partial charge is 0.395 e. The summed E-state index contributed by atoms with van der Waals surface area (Å²) in [7, 11) is 0. The number of aliphatic hydroxyl groups excluding tert-OH is 1. The van der Waals surface area contributed by atoms with E-state index in [9.17, 15) is 9.90 Å². The second-order valence-electron chi connectivity index (χ2n) is 3.46. The molecule has 12 heavy (non-hydrogen) atoms. The van der Waals surface area contributed by atoms with Crippen LogP contribution in [0.25, 0.3) is 0 Å². The van der Waals surface area contributed by atoms with Gasteiger partial charge in [-0.15, -0.1) is 0 Å². The van der Waals surface area contributed by atoms with Gasteiger partial charge >= 0.3 is 0 Å². The molecule has 3 atom stereocenters. The zero-order chi connectivity index (χ0) is 8.77. The zero-order valence-electron chi connectivity index (χ0n) is 6.99. The number of fused-ring (bicyclic) bond motifs is 2. The van der Waals surface area contributed by atoms with Crippen molar-refractivity contribution in [1.29, 1.82) is 0 Å². The Labute approximate surface area is 76.0 Å². The molecule has 0 aromatic rings. The van der Waals surface area contributed by atoms with Crippen molar-refractivity contribution in [3.05, 3.63) is 12.2 Å². The summed E-state index contributed by atoms with van der Waals surface area (Å²) in [6.07, 6.45) is 6.65. The Kier molecular flexibility index (Phi) is 1.81. The van der Waals surface area contributed by atoms with Crippen molar-refractivity contribution in [2.24, 2.45) is 11.8 Å². The molecular formula is C9H12O2S. The van der Waals surface area contributed by atoms with Crippen molar-refractivity contribution in [1.82, 2.24) is 0 Å². The van der Waals surface area contributed by atoms with Crippen molar-refractivity contribution in [3.63, 3.8) is 0 Å². The van der Waals surface area contributed by atoms with Crippen LogP contribution in [0.2, 0.25) is 0 Å². The van der Waals surface area contributed by atoms with E-state index in [2.05, 4.69) is 6.08 Å². The second kappa shape index (κ2) is 2.60. The van der Waals surface area contributed by atoms with Gasteiger partial charge in [0.1, 0.15) is 5.78 Å². The Morgan fingerprint density at radius 3 is 2.75 bits per heavy atom. The van der Waals surface area contributed by atoms with Crippen LogP contribution in [-0.2, 0) is 4.79 Å². The molecule has 0 aromatic heterocycles. The van der Waals surface area contributed by atoms with E-state index in [-0.39, 0.29) is 23.2 Å². The average Bonchev–Trinajstić information content (AvgIpc) is 2.56. The van der Waals surface area contributed by atoms with Gasteiger partial charge < -0.3 is 5.11 Å². The van der Waals surface area contributed by atoms with E-state index in [1.54, 1.807) is 11.8 Å². The fraction of sp³-hybridized carbons (Fsp3) is 0.667. The maximum atomic E-state index is 11.4. The Bertz CT molecular complexity index is 243. The summed E-state index contributed by atoms with van der Waals surface area (Å²) < 4.78 is -0.211. The van der Waals surface area contributed by atoms with Gasteiger partial charge in [-0.2, -0.15) is 11.8 Å². The van der Waals surface area contributed by atoms with Crippen LogP contribution in [0.4, 0.5) is 0 Å². The van der Waals surface area contributed by atoms with Gasteiger partial charge in [0.25, 0.3) is 0 Å². The second-order valence-corrected chi connectivity index (χ2v) is 4.63. The summed E-state index contributed by atoms with van der Waals surface area (Å²) in [4.78, 5) is 11.4. The van der Waals surface area contributed by atoms with Gasteiger partial charge in [-0.1, -0.05) is 12.2 Å². The van der Waals surface area contributed by atoms with Crippen LogP contribution in [0.5, 0.6) is 0 Å². The third kappa shape index (κ3) is 0.783. The minimum atomic E-state index is -0.211. The number of allylic oxidation sites excluding steroid dienone is 2. The van der Waals surface area contributed by atoms with Crippen molar-refractivity contribution < 1.29 is 9.90 Å². The number of carbonyl (C=O) groups is 1. The molecule has 2 aliphatic carbocycles. The molecule has 0 spiro atoms. The SMILES string of the molecule is CSC1(CO)C2C=CC1C(=O)C2. The van der Waals surface area contributed by atoms with Gasteiger partial charge in [0, 0.05) is 12.3 Å². The quantitative estimate of drug-likeness (QED) is 0.647. The monoisotopic (exact) mass is 184 g/mol. The fourth-order valence-electron chi connectivity index (χ4n) is 2.32. The topological polar surface area (TPSA) is 37.3 Å². The molecule has 1 saturated carbocycles. The van der Waals surface area contributed by atoms with Crippen molar-refractivity contribution in [2.75, 3.05) is 12.9 Å². The molecule has 1 fully saturated rings. The van der Waals surface area contributed by atoms with Crippen LogP contribution in [0.15, 0.2) is 12.2 Å². The molecule has 3 unspecified atom stereocenters. The first-order valence-electron chi connectivity index (χ1n) is 4.11. The maximum absolute atomic E-state index is 11.4. The molecule has 0 heterocycles. The van der Waals surface area contributed by atoms with Gasteiger partial charge in [-0.05, 0) is 6.26 Å². The Morgan fingerprint density at radius 1 is 1.75 bits per heavy atom. The number of thioether (sulfide) groups is 1. The summed E-state index contributed by atoms with van der Waals surface area (Å²) in [6, 6.07) is 0. The van der Waals surface area contributed by atoms with Crippen LogP contribution in [-0.4, -0.2) is 28.5 Å². The summed E-state index contributed by atoms with van der Waals surface area (Å²) in [5.41, 5.74) is 0. The number of ketones is 1. The number of carbonyl (C=O) groups excluding carboxylic acids is 1. The van der Waals surface area contributed by atoms with Gasteiger partial charge in [0.05, 0.1) is 17.3 Å². The standard InChI is InChI=1S/C9H12O2S/c1-12-9(5-10)6-2-3-7(9)8(11)4-6/h2-3,6-7,10H,4-5H2,1H3. The molecule has 1 N–H and O–H groups in total. The first kappa shape index (κ1) is 8.32. The molecular weight excluding hydrogens is 172 g/mol. The smallest absolute Gasteiger partial charge is 0.141 e. The highest BCUT2D eigenvalue weighted by molar-refractivity contribution is 8.00. The normalized spacial score (nSPS) is 44.3. The molecule has 2 aliphatic rings. The summed E-state index contributed by atoms with van der Waals surface area (Å²) in [6.45, 7) is 0.113. The van der Waals surface area contributed by atoms with E-state index in [0.29, 0.717) is 12.2 Å². The lowest BCUT2D eigenvalue weighted by Crippen LogP contribution is -2.36. The Balaban J connectivity index is 2.36. The fourth-order valence-corrected chi connectivity index (χ4v) is 3.38. The van der Waals surface area contributed by atoms with Crippen molar-refractivity contribution in [2.45, 2.75) is 11.2 Å². The van der Waals surface area contributed by atoms with Crippen LogP contribution < -0.4 is 0 Å². The average molecular weight is 184 g/mol. The molecule has 66 valence electrons. The van der Waals surface area contributed by atoms with E-state index in [4.69, 9.17) is 0 Å². The van der Waals surface area contributed by atoms with Gasteiger partial charge in [-0.3, -0.25) is 4.79 Å². The van der Waals surface area contributed by atoms with E-state index >= 15 is 0 Å². The first-order valence-corrected chi connectivity index (χ1v) is 5.34. The maximum Gasteiger partial charge on any atom is 0.141 e. The molecule has 0 saturated heterocycles. The van der Waals surface area contributed by atoms with Gasteiger partial charge in [-0.25, -0.2) is 0 Å². The summed E-state index contributed by atoms with van der Waals surface area (Å²) >= 11 is 1.63. The third-order valence-electron chi connectivity index (χ3n) is 3.09. The number of hydrogen-bond donors (Lipinski definition) is 1. The van der Waals surface area contributed by atoms with Gasteiger partial charge in [0.15, 0.2) is 0 Å². The molecule has 0 amide bonds. The van der Waals surface area contributed by atoms with Gasteiger partial charge in [0.2, 0.25) is 0 Å². The summed E-state index contributed by atoms with van der Waals surface area (Å²) in [5.74, 6) is 0.545. The van der Waals surface area contributed by atoms with E-state index in [1.165, 1.54) is 0 Å². The number of Topliss-reactive ketones (excluding diaryl/α,β-unsaturated/α-hetero) is 1. The zero-order valence-corrected chi connectivity index (χ0v) is 7.80. The Morgan fingerprint density at radius 2 is 2.50 bits per heavy atom. The minimum Gasteiger partial charge on any atom is -0.395 e. The van der Waals surface area contributed by atoms with E-state index in [0.717, 1.165) is 0 Å².